The fourth-order valence-electron chi connectivity index (χ4n) is 3.46. The first-order chi connectivity index (χ1) is 16.8. The topological polar surface area (TPSA) is 112 Å². The van der Waals surface area contributed by atoms with E-state index in [1.165, 1.54) is 32.5 Å². The second-order valence-electron chi connectivity index (χ2n) is 8.33. The summed E-state index contributed by atoms with van der Waals surface area (Å²) in [6.45, 7) is 3.10. The lowest BCUT2D eigenvalue weighted by Gasteiger charge is -2.27. The molecule has 14 heteroatoms. The van der Waals surface area contributed by atoms with E-state index >= 15 is 0 Å². The van der Waals surface area contributed by atoms with Gasteiger partial charge in [0.05, 0.1) is 40.2 Å². The van der Waals surface area contributed by atoms with Gasteiger partial charge in [-0.25, -0.2) is 10.0 Å². The van der Waals surface area contributed by atoms with E-state index in [9.17, 15) is 22.8 Å². The number of hydrogen-bond donors (Lipinski definition) is 3. The number of thiazole rings is 1. The van der Waals surface area contributed by atoms with Crippen LogP contribution in [0.1, 0.15) is 29.8 Å². The van der Waals surface area contributed by atoms with Gasteiger partial charge in [0.1, 0.15) is 5.54 Å². The monoisotopic (exact) mass is 540 g/mol. The molecule has 2 heterocycles. The minimum atomic E-state index is -4.65. The number of rotatable bonds is 6. The maximum Gasteiger partial charge on any atom is 0.418 e. The van der Waals surface area contributed by atoms with E-state index in [-0.39, 0.29) is 26.4 Å². The van der Waals surface area contributed by atoms with Crippen molar-refractivity contribution < 1.29 is 27.6 Å². The van der Waals surface area contributed by atoms with Crippen LogP contribution in [0.25, 0.3) is 21.1 Å². The standard InChI is InChI=1S/C22H20ClF3N6O3S/c1-21(2,30-14-6-5-10(23)7-11(14)18(33)32(3)35-4)19(34)29-20-28-16-13(22(24,25)26)8-15-12(9-27-31-15)17(16)36-20/h5-9,30H,1-4H3,(H,27,31)(H,28,29,34). The molecule has 0 saturated carbocycles. The van der Waals surface area contributed by atoms with Crippen LogP contribution in [0.4, 0.5) is 24.0 Å². The number of nitrogens with zero attached hydrogens (tertiary/aromatic N) is 3. The van der Waals surface area contributed by atoms with Crippen LogP contribution in [0.2, 0.25) is 5.02 Å². The molecule has 0 unspecified atom stereocenters. The van der Waals surface area contributed by atoms with Crippen molar-refractivity contribution in [1.29, 1.82) is 0 Å². The van der Waals surface area contributed by atoms with Crippen LogP contribution in [0.3, 0.4) is 0 Å². The van der Waals surface area contributed by atoms with Crippen molar-refractivity contribution in [2.45, 2.75) is 25.6 Å². The van der Waals surface area contributed by atoms with Gasteiger partial charge in [-0.3, -0.25) is 24.8 Å². The number of fused-ring (bicyclic) bond motifs is 3. The van der Waals surface area contributed by atoms with Crippen molar-refractivity contribution in [3.05, 3.63) is 46.6 Å². The molecule has 0 bridgehead atoms. The predicted molar refractivity (Wildman–Crippen MR) is 131 cm³/mol. The van der Waals surface area contributed by atoms with Gasteiger partial charge in [-0.05, 0) is 38.1 Å². The lowest BCUT2D eigenvalue weighted by atomic mass is 10.0. The normalized spacial score (nSPS) is 12.2. The first-order valence-electron chi connectivity index (χ1n) is 10.4. The lowest BCUT2D eigenvalue weighted by Crippen LogP contribution is -2.44. The van der Waals surface area contributed by atoms with Gasteiger partial charge < -0.3 is 5.32 Å². The number of carbonyl (C=O) groups excluding carboxylic acids is 2. The predicted octanol–water partition coefficient (Wildman–Crippen LogP) is 5.31. The van der Waals surface area contributed by atoms with Crippen molar-refractivity contribution in [3.63, 3.8) is 0 Å². The Morgan fingerprint density at radius 2 is 1.94 bits per heavy atom. The summed E-state index contributed by atoms with van der Waals surface area (Å²) in [6.07, 6.45) is -3.25. The molecular weight excluding hydrogens is 521 g/mol. The van der Waals surface area contributed by atoms with Gasteiger partial charge in [0.2, 0.25) is 0 Å². The van der Waals surface area contributed by atoms with E-state index in [0.717, 1.165) is 22.5 Å². The molecule has 9 nitrogen and oxygen atoms in total. The van der Waals surface area contributed by atoms with Gasteiger partial charge in [-0.1, -0.05) is 22.9 Å². The second-order valence-corrected chi connectivity index (χ2v) is 9.76. The van der Waals surface area contributed by atoms with Gasteiger partial charge in [0.15, 0.2) is 5.13 Å². The van der Waals surface area contributed by atoms with Crippen molar-refractivity contribution in [3.8, 4) is 0 Å². The van der Waals surface area contributed by atoms with E-state index in [4.69, 9.17) is 16.4 Å². The van der Waals surface area contributed by atoms with Crippen LogP contribution >= 0.6 is 22.9 Å². The van der Waals surface area contributed by atoms with Crippen molar-refractivity contribution in [1.82, 2.24) is 20.2 Å². The van der Waals surface area contributed by atoms with Crippen molar-refractivity contribution in [2.24, 2.45) is 0 Å². The second kappa shape index (κ2) is 9.22. The van der Waals surface area contributed by atoms with Gasteiger partial charge in [-0.15, -0.1) is 0 Å². The number of aromatic nitrogens is 3. The summed E-state index contributed by atoms with van der Waals surface area (Å²) < 4.78 is 41.2. The summed E-state index contributed by atoms with van der Waals surface area (Å²) in [7, 11) is 2.75. The Balaban J connectivity index is 1.65. The molecular formula is C22H20ClF3N6O3S. The fraction of sp³-hybridized carbons (Fsp3) is 0.273. The third kappa shape index (κ3) is 4.81. The third-order valence-corrected chi connectivity index (χ3v) is 6.64. The molecule has 0 fully saturated rings. The summed E-state index contributed by atoms with van der Waals surface area (Å²) in [5, 5.41) is 13.7. The highest BCUT2D eigenvalue weighted by atomic mass is 35.5. The average Bonchev–Trinajstić information content (AvgIpc) is 3.44. The van der Waals surface area contributed by atoms with Crippen LogP contribution in [0, 0.1) is 0 Å². The van der Waals surface area contributed by atoms with Crippen LogP contribution in [-0.2, 0) is 15.8 Å². The van der Waals surface area contributed by atoms with Crippen molar-refractivity contribution >= 4 is 66.7 Å². The Morgan fingerprint density at radius 1 is 1.22 bits per heavy atom. The summed E-state index contributed by atoms with van der Waals surface area (Å²) in [6, 6.07) is 5.45. The maximum absolute atomic E-state index is 13.7. The quantitative estimate of drug-likeness (QED) is 0.286. The molecule has 0 radical (unpaired) electrons. The molecule has 3 N–H and O–H groups in total. The smallest absolute Gasteiger partial charge is 0.371 e. The highest BCUT2D eigenvalue weighted by Crippen LogP contribution is 2.41. The maximum atomic E-state index is 13.7. The summed E-state index contributed by atoms with van der Waals surface area (Å²) >= 11 is 6.96. The minimum absolute atomic E-state index is 0.0180. The number of hydroxylamine groups is 2. The molecule has 4 rings (SSSR count). The summed E-state index contributed by atoms with van der Waals surface area (Å²) in [5.74, 6) is -1.10. The van der Waals surface area contributed by atoms with E-state index in [1.54, 1.807) is 19.9 Å². The Morgan fingerprint density at radius 3 is 2.61 bits per heavy atom. The molecule has 0 saturated heterocycles. The number of benzene rings is 2. The zero-order chi connectivity index (χ0) is 26.4. The number of nitrogens with one attached hydrogen (secondary N) is 3. The van der Waals surface area contributed by atoms with Gasteiger partial charge >= 0.3 is 6.18 Å². The number of halogens is 4. The number of hydrogen-bond acceptors (Lipinski definition) is 7. The molecule has 0 spiro atoms. The molecule has 0 aliphatic carbocycles. The molecule has 0 aliphatic rings. The van der Waals surface area contributed by atoms with Crippen LogP contribution in [0.5, 0.6) is 0 Å². The molecule has 0 aliphatic heterocycles. The first kappa shape index (κ1) is 25.7. The Labute approximate surface area is 211 Å². The molecule has 0 atom stereocenters. The first-order valence-corrected chi connectivity index (χ1v) is 11.6. The zero-order valence-corrected chi connectivity index (χ0v) is 20.9. The average molecular weight is 541 g/mol. The van der Waals surface area contributed by atoms with Crippen LogP contribution in [0.15, 0.2) is 30.5 Å². The number of anilines is 2. The highest BCUT2D eigenvalue weighted by molar-refractivity contribution is 7.23. The summed E-state index contributed by atoms with van der Waals surface area (Å²) in [5.41, 5.74) is -1.86. The molecule has 36 heavy (non-hydrogen) atoms. The van der Waals surface area contributed by atoms with Gasteiger partial charge in [0.25, 0.3) is 11.8 Å². The number of amides is 2. The SMILES string of the molecule is CON(C)C(=O)c1cc(Cl)ccc1NC(C)(C)C(=O)Nc1nc2c(C(F)(F)F)cc3[nH]ncc3c2s1. The fourth-order valence-corrected chi connectivity index (χ4v) is 4.63. The van der Waals surface area contributed by atoms with E-state index in [2.05, 4.69) is 25.8 Å². The number of H-pyrrole nitrogens is 1. The minimum Gasteiger partial charge on any atom is -0.371 e. The zero-order valence-electron chi connectivity index (χ0n) is 19.4. The molecule has 2 aromatic heterocycles. The number of aromatic amines is 1. The lowest BCUT2D eigenvalue weighted by molar-refractivity contribution is -0.136. The van der Waals surface area contributed by atoms with E-state index < -0.39 is 29.1 Å². The highest BCUT2D eigenvalue weighted by Gasteiger charge is 2.36. The molecule has 190 valence electrons. The Hall–Kier alpha value is -3.42. The summed E-state index contributed by atoms with van der Waals surface area (Å²) in [4.78, 5) is 34.8. The van der Waals surface area contributed by atoms with Crippen LogP contribution in [-0.4, -0.2) is 51.8 Å². The van der Waals surface area contributed by atoms with E-state index in [0.29, 0.717) is 16.1 Å². The van der Waals surface area contributed by atoms with Crippen LogP contribution < -0.4 is 10.6 Å². The number of alkyl halides is 3. The number of carbonyl (C=O) groups is 2. The molecule has 4 aromatic rings. The van der Waals surface area contributed by atoms with Crippen molar-refractivity contribution in [2.75, 3.05) is 24.8 Å². The van der Waals surface area contributed by atoms with Gasteiger partial charge in [0, 0.05) is 23.1 Å². The Kier molecular flexibility index (Phi) is 6.58. The van der Waals surface area contributed by atoms with E-state index in [1.807, 2.05) is 0 Å². The van der Waals surface area contributed by atoms with Gasteiger partial charge in [-0.2, -0.15) is 18.3 Å². The third-order valence-electron chi connectivity index (χ3n) is 5.40. The Bertz CT molecular complexity index is 1480. The molecule has 2 aromatic carbocycles. The largest absolute Gasteiger partial charge is 0.418 e. The molecule has 2 amide bonds.